The van der Waals surface area contributed by atoms with Gasteiger partial charge in [0.25, 0.3) is 0 Å². The normalized spacial score (nSPS) is 25.3. The number of H-pyrrole nitrogens is 1. The van der Waals surface area contributed by atoms with Crippen molar-refractivity contribution in [2.75, 3.05) is 6.54 Å². The molecule has 1 aliphatic carbocycles. The lowest BCUT2D eigenvalue weighted by atomic mass is 9.74. The molecule has 1 aromatic heterocycles. The van der Waals surface area contributed by atoms with Crippen molar-refractivity contribution < 1.29 is 0 Å². The summed E-state index contributed by atoms with van der Waals surface area (Å²) in [6.45, 7) is 3.33. The molecule has 0 fully saturated rings. The molecule has 1 aliphatic heterocycles. The van der Waals surface area contributed by atoms with Gasteiger partial charge in [-0.1, -0.05) is 54.9 Å². The first-order valence-electron chi connectivity index (χ1n) is 9.97. The third-order valence-corrected chi connectivity index (χ3v) is 6.67. The van der Waals surface area contributed by atoms with Crippen LogP contribution in [0.5, 0.6) is 0 Å². The van der Waals surface area contributed by atoms with E-state index in [4.69, 9.17) is 11.6 Å². The fourth-order valence-electron chi connectivity index (χ4n) is 5.04. The van der Waals surface area contributed by atoms with E-state index in [1.54, 1.807) is 5.56 Å². The van der Waals surface area contributed by atoms with Gasteiger partial charge in [-0.05, 0) is 66.0 Å². The van der Waals surface area contributed by atoms with Crippen molar-refractivity contribution in [1.82, 2.24) is 10.3 Å². The standard InChI is InChI=1S/C24H25ClN2/c1-15-12-18(13-21-20-4-2-3-5-22(20)27-24(15)21)23-14-17(10-11-26-23)16-6-8-19(25)9-7-16/h2-10,15,18,23,26-27H,11-14H2,1H3. The molecule has 0 saturated heterocycles. The van der Waals surface area contributed by atoms with E-state index in [2.05, 4.69) is 59.7 Å². The number of fused-ring (bicyclic) bond motifs is 3. The average molecular weight is 377 g/mol. The van der Waals surface area contributed by atoms with Gasteiger partial charge in [-0.15, -0.1) is 0 Å². The monoisotopic (exact) mass is 376 g/mol. The quantitative estimate of drug-likeness (QED) is 0.569. The van der Waals surface area contributed by atoms with Gasteiger partial charge < -0.3 is 10.3 Å². The number of nitrogens with one attached hydrogen (secondary N) is 2. The molecule has 2 aliphatic rings. The summed E-state index contributed by atoms with van der Waals surface area (Å²) in [5.74, 6) is 1.25. The fourth-order valence-corrected chi connectivity index (χ4v) is 5.17. The Morgan fingerprint density at radius 3 is 2.67 bits per heavy atom. The Bertz CT molecular complexity index is 999. The van der Waals surface area contributed by atoms with Gasteiger partial charge in [-0.2, -0.15) is 0 Å². The molecule has 0 radical (unpaired) electrons. The highest BCUT2D eigenvalue weighted by Gasteiger charge is 2.33. The van der Waals surface area contributed by atoms with E-state index in [-0.39, 0.29) is 0 Å². The van der Waals surface area contributed by atoms with Gasteiger partial charge in [-0.3, -0.25) is 0 Å². The minimum Gasteiger partial charge on any atom is -0.358 e. The number of halogens is 1. The molecule has 3 atom stereocenters. The summed E-state index contributed by atoms with van der Waals surface area (Å²) in [6.07, 6.45) is 5.83. The third kappa shape index (κ3) is 3.11. The molecule has 0 saturated carbocycles. The lowest BCUT2D eigenvalue weighted by Gasteiger charge is -2.36. The Morgan fingerprint density at radius 1 is 1.00 bits per heavy atom. The summed E-state index contributed by atoms with van der Waals surface area (Å²) >= 11 is 6.07. The maximum absolute atomic E-state index is 6.07. The Kier molecular flexibility index (Phi) is 4.34. The van der Waals surface area contributed by atoms with Crippen molar-refractivity contribution in [2.45, 2.75) is 38.1 Å². The van der Waals surface area contributed by atoms with Crippen molar-refractivity contribution in [2.24, 2.45) is 5.92 Å². The van der Waals surface area contributed by atoms with Crippen molar-refractivity contribution >= 4 is 28.1 Å². The number of benzene rings is 2. The summed E-state index contributed by atoms with van der Waals surface area (Å²) in [7, 11) is 0. The second kappa shape index (κ2) is 6.85. The summed E-state index contributed by atoms with van der Waals surface area (Å²) in [5, 5.41) is 5.99. The second-order valence-corrected chi connectivity index (χ2v) is 8.56. The molecule has 3 heteroatoms. The van der Waals surface area contributed by atoms with E-state index in [0.717, 1.165) is 24.4 Å². The molecular formula is C24H25ClN2. The Labute approximate surface area is 165 Å². The Morgan fingerprint density at radius 2 is 1.81 bits per heavy atom. The van der Waals surface area contributed by atoms with Gasteiger partial charge in [0, 0.05) is 34.2 Å². The smallest absolute Gasteiger partial charge is 0.0459 e. The lowest BCUT2D eigenvalue weighted by Crippen LogP contribution is -2.41. The highest BCUT2D eigenvalue weighted by Crippen LogP contribution is 2.41. The zero-order valence-electron chi connectivity index (χ0n) is 15.6. The van der Waals surface area contributed by atoms with E-state index in [1.165, 1.54) is 34.2 Å². The van der Waals surface area contributed by atoms with Gasteiger partial charge in [0.05, 0.1) is 0 Å². The molecule has 2 nitrogen and oxygen atoms in total. The summed E-state index contributed by atoms with van der Waals surface area (Å²) < 4.78 is 0. The molecule has 0 bridgehead atoms. The van der Waals surface area contributed by atoms with Gasteiger partial charge >= 0.3 is 0 Å². The number of aromatic amines is 1. The number of rotatable bonds is 2. The Balaban J connectivity index is 1.41. The number of hydrogen-bond acceptors (Lipinski definition) is 1. The van der Waals surface area contributed by atoms with Crippen LogP contribution in [-0.2, 0) is 6.42 Å². The van der Waals surface area contributed by atoms with E-state index in [0.29, 0.717) is 17.9 Å². The van der Waals surface area contributed by atoms with Crippen LogP contribution in [0.3, 0.4) is 0 Å². The van der Waals surface area contributed by atoms with Crippen LogP contribution in [0, 0.1) is 5.92 Å². The van der Waals surface area contributed by atoms with Gasteiger partial charge in [0.2, 0.25) is 0 Å². The predicted molar refractivity (Wildman–Crippen MR) is 114 cm³/mol. The molecular weight excluding hydrogens is 352 g/mol. The zero-order valence-corrected chi connectivity index (χ0v) is 16.4. The third-order valence-electron chi connectivity index (χ3n) is 6.41. The SMILES string of the molecule is CC1CC(C2CC(c3ccc(Cl)cc3)=CCN2)Cc2c1[nH]c1ccccc21. The van der Waals surface area contributed by atoms with Gasteiger partial charge in [-0.25, -0.2) is 0 Å². The van der Waals surface area contributed by atoms with Crippen molar-refractivity contribution in [1.29, 1.82) is 0 Å². The van der Waals surface area contributed by atoms with Crippen LogP contribution in [0.15, 0.2) is 54.6 Å². The first-order valence-corrected chi connectivity index (χ1v) is 10.3. The van der Waals surface area contributed by atoms with E-state index >= 15 is 0 Å². The van der Waals surface area contributed by atoms with Crippen molar-refractivity contribution in [3.8, 4) is 0 Å². The maximum atomic E-state index is 6.07. The van der Waals surface area contributed by atoms with Gasteiger partial charge in [0.15, 0.2) is 0 Å². The first-order chi connectivity index (χ1) is 13.2. The molecule has 2 heterocycles. The van der Waals surface area contributed by atoms with Crippen LogP contribution in [0.4, 0.5) is 0 Å². The zero-order chi connectivity index (χ0) is 18.4. The number of hydrogen-bond donors (Lipinski definition) is 2. The predicted octanol–water partition coefficient (Wildman–Crippen LogP) is 5.93. The Hall–Kier alpha value is -2.03. The molecule has 3 unspecified atom stereocenters. The number of para-hydroxylation sites is 1. The van der Waals surface area contributed by atoms with Crippen LogP contribution in [0.25, 0.3) is 16.5 Å². The topological polar surface area (TPSA) is 27.8 Å². The largest absolute Gasteiger partial charge is 0.358 e. The average Bonchev–Trinajstić information content (AvgIpc) is 3.08. The molecule has 138 valence electrons. The van der Waals surface area contributed by atoms with Gasteiger partial charge in [0.1, 0.15) is 0 Å². The van der Waals surface area contributed by atoms with Crippen LogP contribution < -0.4 is 5.32 Å². The van der Waals surface area contributed by atoms with E-state index in [1.807, 2.05) is 12.1 Å². The second-order valence-electron chi connectivity index (χ2n) is 8.12. The molecule has 2 N–H and O–H groups in total. The molecule has 27 heavy (non-hydrogen) atoms. The summed E-state index contributed by atoms with van der Waals surface area (Å²) in [5.41, 5.74) is 7.04. The molecule has 0 spiro atoms. The van der Waals surface area contributed by atoms with Crippen molar-refractivity contribution in [3.63, 3.8) is 0 Å². The maximum Gasteiger partial charge on any atom is 0.0459 e. The number of aromatic nitrogens is 1. The fraction of sp³-hybridized carbons (Fsp3) is 0.333. The summed E-state index contributed by atoms with van der Waals surface area (Å²) in [6, 6.07) is 17.6. The van der Waals surface area contributed by atoms with Crippen LogP contribution in [0.2, 0.25) is 5.02 Å². The molecule has 3 aromatic rings. The van der Waals surface area contributed by atoms with E-state index < -0.39 is 0 Å². The van der Waals surface area contributed by atoms with Crippen LogP contribution >= 0.6 is 11.6 Å². The first kappa shape index (κ1) is 17.1. The highest BCUT2D eigenvalue weighted by molar-refractivity contribution is 6.30. The molecule has 2 aromatic carbocycles. The van der Waals surface area contributed by atoms with E-state index in [9.17, 15) is 0 Å². The summed E-state index contributed by atoms with van der Waals surface area (Å²) in [4.78, 5) is 3.68. The molecule has 0 amide bonds. The minimum absolute atomic E-state index is 0.532. The van der Waals surface area contributed by atoms with Crippen molar-refractivity contribution in [3.05, 3.63) is 76.5 Å². The lowest BCUT2D eigenvalue weighted by molar-refractivity contribution is 0.306. The minimum atomic E-state index is 0.532. The van der Waals surface area contributed by atoms with Crippen LogP contribution in [-0.4, -0.2) is 17.6 Å². The van der Waals surface area contributed by atoms with Crippen LogP contribution in [0.1, 0.15) is 42.5 Å². The highest BCUT2D eigenvalue weighted by atomic mass is 35.5. The molecule has 5 rings (SSSR count).